The second-order valence-electron chi connectivity index (χ2n) is 8.08. The molecule has 2 aliphatic rings. The minimum atomic E-state index is -0.308. The maximum atomic E-state index is 12.6. The highest BCUT2D eigenvalue weighted by Gasteiger charge is 2.31. The fourth-order valence-electron chi connectivity index (χ4n) is 3.83. The number of nitrogens with zero attached hydrogens (tertiary/aromatic N) is 2. The molecule has 30 heavy (non-hydrogen) atoms. The Morgan fingerprint density at radius 3 is 2.80 bits per heavy atom. The Hall–Kier alpha value is -3.09. The lowest BCUT2D eigenvalue weighted by Gasteiger charge is -2.33. The third-order valence-electron chi connectivity index (χ3n) is 5.64. The molecule has 3 N–H and O–H groups in total. The summed E-state index contributed by atoms with van der Waals surface area (Å²) in [5, 5.41) is 8.93. The summed E-state index contributed by atoms with van der Waals surface area (Å²) in [6, 6.07) is 11.5. The van der Waals surface area contributed by atoms with Gasteiger partial charge in [-0.05, 0) is 61.9 Å². The van der Waals surface area contributed by atoms with Gasteiger partial charge in [-0.1, -0.05) is 19.1 Å². The molecule has 1 aliphatic carbocycles. The standard InChI is InChI=1S/C23H29N5O2/c1-2-16-6-3-8-19(14-16)26-23(30)27-20-9-4-12-24-21(20)28-13-5-7-17(15-28)22(29)25-18-10-11-18/h3-4,6,8-9,12,14,17-18H,2,5,7,10-11,13,15H2,1H3,(H,25,29)(H2,26,27,30). The molecule has 2 fully saturated rings. The summed E-state index contributed by atoms with van der Waals surface area (Å²) in [4.78, 5) is 31.7. The van der Waals surface area contributed by atoms with Gasteiger partial charge in [-0.25, -0.2) is 9.78 Å². The predicted molar refractivity (Wildman–Crippen MR) is 119 cm³/mol. The van der Waals surface area contributed by atoms with Crippen molar-refractivity contribution >= 4 is 29.1 Å². The van der Waals surface area contributed by atoms with Crippen molar-refractivity contribution in [1.82, 2.24) is 10.3 Å². The SMILES string of the molecule is CCc1cccc(NC(=O)Nc2cccnc2N2CCCC(C(=O)NC3CC3)C2)c1. The molecule has 0 radical (unpaired) electrons. The first-order chi connectivity index (χ1) is 14.6. The van der Waals surface area contributed by atoms with E-state index < -0.39 is 0 Å². The first kappa shape index (κ1) is 20.2. The van der Waals surface area contributed by atoms with E-state index in [-0.39, 0.29) is 17.9 Å². The highest BCUT2D eigenvalue weighted by atomic mass is 16.2. The van der Waals surface area contributed by atoms with Crippen molar-refractivity contribution in [3.05, 3.63) is 48.2 Å². The van der Waals surface area contributed by atoms with Gasteiger partial charge in [-0.2, -0.15) is 0 Å². The van der Waals surface area contributed by atoms with Gasteiger partial charge >= 0.3 is 6.03 Å². The molecule has 0 bridgehead atoms. The summed E-state index contributed by atoms with van der Waals surface area (Å²) in [7, 11) is 0. The average Bonchev–Trinajstić information content (AvgIpc) is 3.58. The summed E-state index contributed by atoms with van der Waals surface area (Å²) in [6.07, 6.45) is 6.62. The van der Waals surface area contributed by atoms with E-state index in [9.17, 15) is 9.59 Å². The van der Waals surface area contributed by atoms with E-state index in [1.807, 2.05) is 30.3 Å². The van der Waals surface area contributed by atoms with Gasteiger partial charge in [0.25, 0.3) is 0 Å². The van der Waals surface area contributed by atoms with Crippen molar-refractivity contribution in [3.8, 4) is 0 Å². The van der Waals surface area contributed by atoms with Gasteiger partial charge in [-0.15, -0.1) is 0 Å². The largest absolute Gasteiger partial charge is 0.354 e. The molecule has 1 aromatic heterocycles. The smallest absolute Gasteiger partial charge is 0.323 e. The quantitative estimate of drug-likeness (QED) is 0.680. The number of benzene rings is 1. The van der Waals surface area contributed by atoms with Crippen molar-refractivity contribution in [3.63, 3.8) is 0 Å². The molecule has 7 heteroatoms. The molecular weight excluding hydrogens is 378 g/mol. The van der Waals surface area contributed by atoms with E-state index in [0.717, 1.165) is 44.3 Å². The molecule has 1 atom stereocenters. The van der Waals surface area contributed by atoms with E-state index in [1.54, 1.807) is 12.3 Å². The van der Waals surface area contributed by atoms with Crippen LogP contribution in [0.3, 0.4) is 0 Å². The molecule has 7 nitrogen and oxygen atoms in total. The third-order valence-corrected chi connectivity index (χ3v) is 5.64. The summed E-state index contributed by atoms with van der Waals surface area (Å²) in [6.45, 7) is 3.52. The predicted octanol–water partition coefficient (Wildman–Crippen LogP) is 3.78. The van der Waals surface area contributed by atoms with Crippen LogP contribution in [0.15, 0.2) is 42.6 Å². The fourth-order valence-corrected chi connectivity index (χ4v) is 3.83. The minimum Gasteiger partial charge on any atom is -0.354 e. The van der Waals surface area contributed by atoms with Gasteiger partial charge in [0.1, 0.15) is 0 Å². The van der Waals surface area contributed by atoms with Crippen LogP contribution in [-0.2, 0) is 11.2 Å². The summed E-state index contributed by atoms with van der Waals surface area (Å²) in [5.74, 6) is 0.805. The maximum Gasteiger partial charge on any atom is 0.323 e. The number of aromatic nitrogens is 1. The van der Waals surface area contributed by atoms with Gasteiger partial charge in [0, 0.05) is 31.0 Å². The first-order valence-electron chi connectivity index (χ1n) is 10.8. The van der Waals surface area contributed by atoms with E-state index in [4.69, 9.17) is 0 Å². The Bertz CT molecular complexity index is 912. The molecular formula is C23H29N5O2. The highest BCUT2D eigenvalue weighted by Crippen LogP contribution is 2.29. The lowest BCUT2D eigenvalue weighted by Crippen LogP contribution is -2.44. The molecule has 1 aromatic carbocycles. The lowest BCUT2D eigenvalue weighted by atomic mass is 9.97. The van der Waals surface area contributed by atoms with Crippen molar-refractivity contribution in [2.24, 2.45) is 5.92 Å². The van der Waals surface area contributed by atoms with Crippen LogP contribution in [0.5, 0.6) is 0 Å². The molecule has 1 saturated carbocycles. The Morgan fingerprint density at radius 1 is 1.13 bits per heavy atom. The molecule has 1 aliphatic heterocycles. The third kappa shape index (κ3) is 5.09. The van der Waals surface area contributed by atoms with E-state index in [1.165, 1.54) is 5.56 Å². The van der Waals surface area contributed by atoms with Crippen LogP contribution in [-0.4, -0.2) is 36.1 Å². The summed E-state index contributed by atoms with van der Waals surface area (Å²) >= 11 is 0. The zero-order valence-corrected chi connectivity index (χ0v) is 17.4. The number of urea groups is 1. The number of carbonyl (C=O) groups excluding carboxylic acids is 2. The van der Waals surface area contributed by atoms with Gasteiger partial charge in [-0.3, -0.25) is 4.79 Å². The number of nitrogens with one attached hydrogen (secondary N) is 3. The molecule has 4 rings (SSSR count). The van der Waals surface area contributed by atoms with Gasteiger partial charge in [0.05, 0.1) is 11.6 Å². The van der Waals surface area contributed by atoms with Gasteiger partial charge in [0.2, 0.25) is 5.91 Å². The lowest BCUT2D eigenvalue weighted by molar-refractivity contribution is -0.125. The number of amides is 3. The second kappa shape index (κ2) is 9.15. The van der Waals surface area contributed by atoms with Crippen molar-refractivity contribution in [2.75, 3.05) is 28.6 Å². The Balaban J connectivity index is 1.42. The van der Waals surface area contributed by atoms with Crippen molar-refractivity contribution in [2.45, 2.75) is 45.1 Å². The van der Waals surface area contributed by atoms with Crippen LogP contribution in [0.4, 0.5) is 22.0 Å². The van der Waals surface area contributed by atoms with Crippen LogP contribution in [0.2, 0.25) is 0 Å². The monoisotopic (exact) mass is 407 g/mol. The zero-order chi connectivity index (χ0) is 20.9. The molecule has 2 aromatic rings. The molecule has 3 amide bonds. The Labute approximate surface area is 177 Å². The average molecular weight is 408 g/mol. The minimum absolute atomic E-state index is 0.0418. The van der Waals surface area contributed by atoms with Crippen molar-refractivity contribution in [1.29, 1.82) is 0 Å². The number of piperidine rings is 1. The van der Waals surface area contributed by atoms with Crippen LogP contribution in [0, 0.1) is 5.92 Å². The maximum absolute atomic E-state index is 12.6. The Morgan fingerprint density at radius 2 is 2.00 bits per heavy atom. The first-order valence-corrected chi connectivity index (χ1v) is 10.8. The van der Waals surface area contributed by atoms with E-state index >= 15 is 0 Å². The number of hydrogen-bond donors (Lipinski definition) is 3. The molecule has 1 unspecified atom stereocenters. The fraction of sp³-hybridized carbons (Fsp3) is 0.435. The second-order valence-corrected chi connectivity index (χ2v) is 8.08. The van der Waals surface area contributed by atoms with Gasteiger partial charge < -0.3 is 20.9 Å². The number of hydrogen-bond acceptors (Lipinski definition) is 4. The summed E-state index contributed by atoms with van der Waals surface area (Å²) < 4.78 is 0. The van der Waals surface area contributed by atoms with E-state index in [0.29, 0.717) is 24.1 Å². The van der Waals surface area contributed by atoms with Crippen LogP contribution < -0.4 is 20.9 Å². The Kier molecular flexibility index (Phi) is 6.16. The molecule has 0 spiro atoms. The number of rotatable bonds is 6. The van der Waals surface area contributed by atoms with Crippen molar-refractivity contribution < 1.29 is 9.59 Å². The zero-order valence-electron chi connectivity index (χ0n) is 17.4. The molecule has 158 valence electrons. The highest BCUT2D eigenvalue weighted by molar-refractivity contribution is 6.01. The van der Waals surface area contributed by atoms with Gasteiger partial charge in [0.15, 0.2) is 5.82 Å². The molecule has 2 heterocycles. The number of pyridine rings is 1. The van der Waals surface area contributed by atoms with Crippen LogP contribution in [0.25, 0.3) is 0 Å². The number of carbonyl (C=O) groups is 2. The van der Waals surface area contributed by atoms with E-state index in [2.05, 4.69) is 32.8 Å². The number of aryl methyl sites for hydroxylation is 1. The normalized spacial score (nSPS) is 18.6. The topological polar surface area (TPSA) is 86.4 Å². The van der Waals surface area contributed by atoms with Crippen LogP contribution >= 0.6 is 0 Å². The summed E-state index contributed by atoms with van der Waals surface area (Å²) in [5.41, 5.74) is 2.57. The van der Waals surface area contributed by atoms with Crippen LogP contribution in [0.1, 0.15) is 38.2 Å². The number of anilines is 3. The molecule has 1 saturated heterocycles.